The number of hydrogen-bond acceptors (Lipinski definition) is 6. The minimum absolute atomic E-state index is 0.0458. The Morgan fingerprint density at radius 1 is 1.21 bits per heavy atom. The summed E-state index contributed by atoms with van der Waals surface area (Å²) in [6.07, 6.45) is 0.563. The normalized spacial score (nSPS) is 13.9. The van der Waals surface area contributed by atoms with Crippen molar-refractivity contribution < 1.29 is 22.7 Å². The molecule has 2 aromatic rings. The van der Waals surface area contributed by atoms with Crippen LogP contribution in [0.5, 0.6) is 0 Å². The molecule has 0 saturated heterocycles. The smallest absolute Gasteiger partial charge is 0.325 e. The third kappa shape index (κ3) is 4.73. The number of thioether (sulfide) groups is 1. The fraction of sp³-hybridized carbons (Fsp3) is 0.263. The number of ether oxygens (including phenoxy) is 1. The predicted octanol–water partition coefficient (Wildman–Crippen LogP) is 1.82. The van der Waals surface area contributed by atoms with Gasteiger partial charge in [0, 0.05) is 11.4 Å². The first-order chi connectivity index (χ1) is 13.4. The highest BCUT2D eigenvalue weighted by Gasteiger charge is 2.28. The second-order valence-corrected chi connectivity index (χ2v) is 8.89. The molecule has 0 radical (unpaired) electrons. The number of hydrogen-bond donors (Lipinski definition) is 1. The van der Waals surface area contributed by atoms with Crippen molar-refractivity contribution >= 4 is 39.3 Å². The zero-order valence-electron chi connectivity index (χ0n) is 15.3. The lowest BCUT2D eigenvalue weighted by atomic mass is 10.2. The van der Waals surface area contributed by atoms with Gasteiger partial charge in [-0.05, 0) is 30.2 Å². The van der Waals surface area contributed by atoms with E-state index in [2.05, 4.69) is 9.46 Å². The Bertz CT molecular complexity index is 977. The van der Waals surface area contributed by atoms with E-state index in [0.717, 1.165) is 10.5 Å². The van der Waals surface area contributed by atoms with Crippen LogP contribution in [0.2, 0.25) is 0 Å². The summed E-state index contributed by atoms with van der Waals surface area (Å²) in [4.78, 5) is 25.9. The lowest BCUT2D eigenvalue weighted by Gasteiger charge is -2.28. The number of amides is 1. The number of benzene rings is 2. The van der Waals surface area contributed by atoms with Crippen LogP contribution < -0.4 is 9.62 Å². The zero-order valence-corrected chi connectivity index (χ0v) is 16.9. The van der Waals surface area contributed by atoms with Crippen LogP contribution in [0.4, 0.5) is 5.69 Å². The number of nitrogens with one attached hydrogen (secondary N) is 1. The van der Waals surface area contributed by atoms with Crippen LogP contribution in [0.15, 0.2) is 58.3 Å². The number of sulfonamides is 1. The van der Waals surface area contributed by atoms with E-state index in [-0.39, 0.29) is 29.6 Å². The van der Waals surface area contributed by atoms with Gasteiger partial charge in [0.15, 0.2) is 0 Å². The van der Waals surface area contributed by atoms with Gasteiger partial charge in [-0.1, -0.05) is 30.3 Å². The first-order valence-corrected chi connectivity index (χ1v) is 11.1. The number of carbonyl (C=O) groups is 2. The topological polar surface area (TPSA) is 92.8 Å². The fourth-order valence-electron chi connectivity index (χ4n) is 2.77. The number of rotatable bonds is 7. The summed E-state index contributed by atoms with van der Waals surface area (Å²) >= 11 is 1.31. The molecule has 0 atom stereocenters. The van der Waals surface area contributed by atoms with Gasteiger partial charge in [0.25, 0.3) is 0 Å². The van der Waals surface area contributed by atoms with E-state index in [4.69, 9.17) is 0 Å². The van der Waals surface area contributed by atoms with Gasteiger partial charge in [-0.2, -0.15) is 0 Å². The van der Waals surface area contributed by atoms with Crippen molar-refractivity contribution in [3.63, 3.8) is 0 Å². The van der Waals surface area contributed by atoms with Gasteiger partial charge in [-0.3, -0.25) is 14.5 Å². The molecule has 7 nitrogen and oxygen atoms in total. The SMILES string of the molecule is COC(=O)CN1C(=O)CSc2ccc(S(=O)(=O)NCCc3ccccc3)cc21. The minimum Gasteiger partial charge on any atom is -0.468 e. The minimum atomic E-state index is -3.75. The maximum Gasteiger partial charge on any atom is 0.325 e. The molecule has 1 aliphatic rings. The monoisotopic (exact) mass is 420 g/mol. The maximum atomic E-state index is 12.7. The lowest BCUT2D eigenvalue weighted by Crippen LogP contribution is -2.40. The highest BCUT2D eigenvalue weighted by atomic mass is 32.2. The van der Waals surface area contributed by atoms with Crippen LogP contribution >= 0.6 is 11.8 Å². The molecule has 2 aromatic carbocycles. The van der Waals surface area contributed by atoms with Crippen molar-refractivity contribution in [2.75, 3.05) is 30.9 Å². The van der Waals surface area contributed by atoms with Crippen LogP contribution in [-0.4, -0.2) is 46.2 Å². The average Bonchev–Trinajstić information content (AvgIpc) is 2.70. The number of anilines is 1. The molecule has 148 valence electrons. The Morgan fingerprint density at radius 3 is 2.68 bits per heavy atom. The molecule has 28 heavy (non-hydrogen) atoms. The van der Waals surface area contributed by atoms with Crippen molar-refractivity contribution in [3.8, 4) is 0 Å². The third-order valence-corrected chi connectivity index (χ3v) is 6.75. The Labute approximate surface area is 168 Å². The molecule has 1 aliphatic heterocycles. The van der Waals surface area contributed by atoms with Gasteiger partial charge >= 0.3 is 5.97 Å². The van der Waals surface area contributed by atoms with Crippen LogP contribution in [0.1, 0.15) is 5.56 Å². The van der Waals surface area contributed by atoms with Crippen molar-refractivity contribution in [2.24, 2.45) is 0 Å². The van der Waals surface area contributed by atoms with E-state index in [0.29, 0.717) is 12.1 Å². The molecule has 1 N–H and O–H groups in total. The van der Waals surface area contributed by atoms with Crippen molar-refractivity contribution in [3.05, 3.63) is 54.1 Å². The van der Waals surface area contributed by atoms with Crippen molar-refractivity contribution in [1.29, 1.82) is 0 Å². The van der Waals surface area contributed by atoms with Crippen LogP contribution in [0.25, 0.3) is 0 Å². The molecule has 0 bridgehead atoms. The lowest BCUT2D eigenvalue weighted by molar-refractivity contribution is -0.139. The van der Waals surface area contributed by atoms with Crippen molar-refractivity contribution in [2.45, 2.75) is 16.2 Å². The molecule has 1 heterocycles. The summed E-state index contributed by atoms with van der Waals surface area (Å²) in [7, 11) is -2.51. The van der Waals surface area contributed by atoms with E-state index in [9.17, 15) is 18.0 Å². The summed E-state index contributed by atoms with van der Waals surface area (Å²) in [6.45, 7) is -0.00316. The molecule has 1 amide bonds. The van der Waals surface area contributed by atoms with Crippen LogP contribution in [-0.2, 0) is 30.8 Å². The summed E-state index contributed by atoms with van der Waals surface area (Å²) in [5.74, 6) is -0.652. The van der Waals surface area contributed by atoms with Crippen LogP contribution in [0.3, 0.4) is 0 Å². The molecular weight excluding hydrogens is 400 g/mol. The third-order valence-electron chi connectivity index (χ3n) is 4.25. The number of fused-ring (bicyclic) bond motifs is 1. The van der Waals surface area contributed by atoms with E-state index < -0.39 is 16.0 Å². The summed E-state index contributed by atoms with van der Waals surface area (Å²) in [6, 6.07) is 14.1. The van der Waals surface area contributed by atoms with Crippen molar-refractivity contribution in [1.82, 2.24) is 4.72 Å². The van der Waals surface area contributed by atoms with Gasteiger partial charge in [0.05, 0.1) is 23.4 Å². The number of methoxy groups -OCH3 is 1. The first kappa shape index (κ1) is 20.4. The second-order valence-electron chi connectivity index (χ2n) is 6.11. The van der Waals surface area contributed by atoms with E-state index in [1.54, 1.807) is 6.07 Å². The molecule has 0 aromatic heterocycles. The highest BCUT2D eigenvalue weighted by molar-refractivity contribution is 8.00. The van der Waals surface area contributed by atoms with Gasteiger partial charge in [-0.15, -0.1) is 11.8 Å². The second kappa shape index (κ2) is 8.76. The Kier molecular flexibility index (Phi) is 6.38. The molecule has 0 spiro atoms. The van der Waals surface area contributed by atoms with Gasteiger partial charge in [0.2, 0.25) is 15.9 Å². The highest BCUT2D eigenvalue weighted by Crippen LogP contribution is 2.36. The van der Waals surface area contributed by atoms with Crippen LogP contribution in [0, 0.1) is 0 Å². The molecule has 0 aliphatic carbocycles. The maximum absolute atomic E-state index is 12.7. The average molecular weight is 421 g/mol. The molecule has 0 saturated carbocycles. The number of nitrogens with zero attached hydrogens (tertiary/aromatic N) is 1. The standard InChI is InChI=1S/C19H20N2O5S2/c1-26-19(23)12-21-16-11-15(7-8-17(16)27-13-18(21)22)28(24,25)20-10-9-14-5-3-2-4-6-14/h2-8,11,20H,9-10,12-13H2,1H3. The molecule has 9 heteroatoms. The molecule has 0 fully saturated rings. The van der Waals surface area contributed by atoms with E-state index in [1.807, 2.05) is 30.3 Å². The quantitative estimate of drug-likeness (QED) is 0.687. The van der Waals surface area contributed by atoms with Gasteiger partial charge in [-0.25, -0.2) is 13.1 Å². The largest absolute Gasteiger partial charge is 0.468 e. The fourth-order valence-corrected chi connectivity index (χ4v) is 4.74. The zero-order chi connectivity index (χ0) is 20.1. The number of carbonyl (C=O) groups excluding carboxylic acids is 2. The predicted molar refractivity (Wildman–Crippen MR) is 107 cm³/mol. The van der Waals surface area contributed by atoms with Gasteiger partial charge in [0.1, 0.15) is 6.54 Å². The molecule has 0 unspecified atom stereocenters. The summed E-state index contributed by atoms with van der Waals surface area (Å²) < 4.78 is 32.5. The van der Waals surface area contributed by atoms with E-state index in [1.165, 1.54) is 35.9 Å². The number of esters is 1. The Morgan fingerprint density at radius 2 is 1.96 bits per heavy atom. The molecule has 3 rings (SSSR count). The summed E-state index contributed by atoms with van der Waals surface area (Å²) in [5.41, 5.74) is 1.43. The van der Waals surface area contributed by atoms with E-state index >= 15 is 0 Å². The Hall–Kier alpha value is -2.36. The molecular formula is C19H20N2O5S2. The van der Waals surface area contributed by atoms with Gasteiger partial charge < -0.3 is 4.74 Å². The summed E-state index contributed by atoms with van der Waals surface area (Å²) in [5, 5.41) is 0. The Balaban J connectivity index is 1.78. The first-order valence-electron chi connectivity index (χ1n) is 8.58.